The first kappa shape index (κ1) is 75.2. The average molecular weight is 1180 g/mol. The van der Waals surface area contributed by atoms with Gasteiger partial charge in [0.05, 0.1) is 91.0 Å². The Morgan fingerprint density at radius 3 is 1.10 bits per heavy atom. The summed E-state index contributed by atoms with van der Waals surface area (Å²) in [5, 5.41) is 43.2. The molecule has 0 heterocycles. The number of ether oxygens (including phenoxy) is 8. The predicted molar refractivity (Wildman–Crippen MR) is 303 cm³/mol. The number of phenolic OH excluding ortho intramolecular Hbond substituents is 1. The van der Waals surface area contributed by atoms with Crippen molar-refractivity contribution in [2.75, 3.05) is 132 Å². The van der Waals surface area contributed by atoms with Gasteiger partial charge in [-0.05, 0) is 43.4 Å². The molecule has 0 aliphatic rings. The first-order valence-electron chi connectivity index (χ1n) is 29.0. The molecule has 2 atom stereocenters. The highest BCUT2D eigenvalue weighted by Crippen LogP contribution is 2.15. The molecule has 1 aromatic rings. The van der Waals surface area contributed by atoms with Crippen LogP contribution < -0.4 is 31.9 Å². The van der Waals surface area contributed by atoms with Gasteiger partial charge in [0.2, 0.25) is 35.4 Å². The van der Waals surface area contributed by atoms with Gasteiger partial charge < -0.3 is 89.9 Å². The van der Waals surface area contributed by atoms with Crippen molar-refractivity contribution in [3.05, 3.63) is 29.8 Å². The molecule has 0 bridgehead atoms. The van der Waals surface area contributed by atoms with E-state index in [1.807, 2.05) is 0 Å². The molecule has 0 fully saturated rings. The molecule has 470 valence electrons. The van der Waals surface area contributed by atoms with Crippen LogP contribution >= 0.6 is 0 Å². The SMILES string of the molecule is [B]C(=O)[C@H](Cc1ccc(O)cc1)NC(=O)COCCOCCNC(=O)COCCOCCNC(=O)COCCOCCNC(=O)COCCOCCNC(=O)CC[C@H](NC(=O)CCCCCCCCCCCCCCCCC(=O)O)C(=O)O. The molecule has 26 nitrogen and oxygen atoms in total. The molecule has 2 radical (unpaired) electrons. The molecule has 1 aromatic carbocycles. The zero-order chi connectivity index (χ0) is 60.8. The molecule has 1 rings (SSSR count). The quantitative estimate of drug-likeness (QED) is 0.0329. The monoisotopic (exact) mass is 1180 g/mol. The Balaban J connectivity index is 1.86. The van der Waals surface area contributed by atoms with E-state index in [1.54, 1.807) is 12.1 Å². The number of unbranched alkanes of at least 4 members (excludes halogenated alkanes) is 13. The van der Waals surface area contributed by atoms with Crippen LogP contribution in [0.4, 0.5) is 0 Å². The number of benzene rings is 1. The van der Waals surface area contributed by atoms with Crippen LogP contribution in [0.1, 0.15) is 121 Å². The molecule has 27 heteroatoms. The van der Waals surface area contributed by atoms with Crippen molar-refractivity contribution < 1.29 is 96.4 Å². The molecule has 9 N–H and O–H groups in total. The molecule has 0 unspecified atom stereocenters. The van der Waals surface area contributed by atoms with E-state index >= 15 is 0 Å². The Hall–Kier alpha value is -5.81. The van der Waals surface area contributed by atoms with Crippen LogP contribution in [0.3, 0.4) is 0 Å². The summed E-state index contributed by atoms with van der Waals surface area (Å²) in [6, 6.07) is 4.08. The molecule has 6 amide bonds. The summed E-state index contributed by atoms with van der Waals surface area (Å²) >= 11 is 0. The summed E-state index contributed by atoms with van der Waals surface area (Å²) in [7, 11) is 5.40. The number of carbonyl (C=O) groups excluding carboxylic acids is 7. The number of aromatic hydroxyl groups is 1. The van der Waals surface area contributed by atoms with Crippen LogP contribution in [0, 0.1) is 0 Å². The third-order valence-corrected chi connectivity index (χ3v) is 12.1. The first-order chi connectivity index (χ1) is 40.2. The maximum atomic E-state index is 12.4. The highest BCUT2D eigenvalue weighted by Gasteiger charge is 2.21. The number of amides is 6. The van der Waals surface area contributed by atoms with E-state index in [2.05, 4.69) is 31.9 Å². The number of nitrogens with one attached hydrogen (secondary N) is 6. The van der Waals surface area contributed by atoms with E-state index in [9.17, 15) is 53.4 Å². The number of aliphatic carboxylic acids is 2. The minimum atomic E-state index is -1.20. The smallest absolute Gasteiger partial charge is 0.326 e. The van der Waals surface area contributed by atoms with Crippen LogP contribution in [0.2, 0.25) is 0 Å². The topological polar surface area (TPSA) is 360 Å². The van der Waals surface area contributed by atoms with E-state index in [0.717, 1.165) is 44.9 Å². The largest absolute Gasteiger partial charge is 0.508 e. The molecule has 0 spiro atoms. The maximum Gasteiger partial charge on any atom is 0.326 e. The summed E-state index contributed by atoms with van der Waals surface area (Å²) in [6.07, 6.45) is 15.4. The van der Waals surface area contributed by atoms with Crippen LogP contribution in [-0.2, 0) is 87.5 Å². The Morgan fingerprint density at radius 2 is 0.723 bits per heavy atom. The van der Waals surface area contributed by atoms with E-state index in [-0.39, 0.29) is 199 Å². The molecule has 83 heavy (non-hydrogen) atoms. The summed E-state index contributed by atoms with van der Waals surface area (Å²) in [4.78, 5) is 107. The molecular weight excluding hydrogens is 1090 g/mol. The Morgan fingerprint density at radius 1 is 0.386 bits per heavy atom. The van der Waals surface area contributed by atoms with E-state index < -0.39 is 35.6 Å². The summed E-state index contributed by atoms with van der Waals surface area (Å²) in [6.45, 7) is 2.13. The van der Waals surface area contributed by atoms with Crippen LogP contribution in [0.15, 0.2) is 24.3 Å². The lowest BCUT2D eigenvalue weighted by atomic mass is 9.90. The van der Waals surface area contributed by atoms with Crippen molar-refractivity contribution in [3.8, 4) is 5.75 Å². The lowest BCUT2D eigenvalue weighted by Gasteiger charge is -2.16. The Labute approximate surface area is 489 Å². The molecule has 0 aromatic heterocycles. The normalized spacial score (nSPS) is 11.8. The molecule has 0 aliphatic carbocycles. The predicted octanol–water partition coefficient (Wildman–Crippen LogP) is 1.39. The van der Waals surface area contributed by atoms with Gasteiger partial charge in [-0.15, -0.1) is 0 Å². The van der Waals surface area contributed by atoms with Crippen molar-refractivity contribution in [1.82, 2.24) is 31.9 Å². The maximum absolute atomic E-state index is 12.4. The minimum absolute atomic E-state index is 0.0444. The van der Waals surface area contributed by atoms with Gasteiger partial charge >= 0.3 is 11.9 Å². The van der Waals surface area contributed by atoms with Gasteiger partial charge in [0.25, 0.3) is 0 Å². The molecule has 0 aliphatic heterocycles. The van der Waals surface area contributed by atoms with Gasteiger partial charge in [-0.2, -0.15) is 0 Å². The van der Waals surface area contributed by atoms with Gasteiger partial charge in [0.15, 0.2) is 7.85 Å². The Bertz CT molecular complexity index is 1940. The van der Waals surface area contributed by atoms with Crippen molar-refractivity contribution in [2.45, 2.75) is 134 Å². The van der Waals surface area contributed by atoms with Crippen molar-refractivity contribution in [1.29, 1.82) is 0 Å². The second-order valence-electron chi connectivity index (χ2n) is 19.3. The zero-order valence-corrected chi connectivity index (χ0v) is 48.4. The average Bonchev–Trinajstić information content (AvgIpc) is 3.49. The van der Waals surface area contributed by atoms with E-state index in [0.29, 0.717) is 12.0 Å². The second kappa shape index (κ2) is 53.0. The Kier molecular flexibility index (Phi) is 48.0. The fraction of sp³-hybridized carbons (Fsp3) is 0.732. The third-order valence-electron chi connectivity index (χ3n) is 12.1. The number of hydrogen-bond donors (Lipinski definition) is 9. The number of carboxylic acids is 2. The summed E-state index contributed by atoms with van der Waals surface area (Å²) in [5.74, 6) is -4.13. The number of rotatable bonds is 58. The lowest BCUT2D eigenvalue weighted by molar-refractivity contribution is -0.142. The summed E-state index contributed by atoms with van der Waals surface area (Å²) in [5.41, 5.74) is 0.000856. The minimum Gasteiger partial charge on any atom is -0.508 e. The van der Waals surface area contributed by atoms with Gasteiger partial charge in [0.1, 0.15) is 38.2 Å². The van der Waals surface area contributed by atoms with Gasteiger partial charge in [0, 0.05) is 45.4 Å². The highest BCUT2D eigenvalue weighted by molar-refractivity contribution is 6.59. The van der Waals surface area contributed by atoms with Crippen molar-refractivity contribution in [3.63, 3.8) is 0 Å². The third kappa shape index (κ3) is 49.3. The van der Waals surface area contributed by atoms with Crippen LogP contribution in [0.5, 0.6) is 5.75 Å². The lowest BCUT2D eigenvalue weighted by Crippen LogP contribution is -2.44. The molecular formula is C56H93BN6O20. The van der Waals surface area contributed by atoms with Gasteiger partial charge in [-0.25, -0.2) is 4.79 Å². The number of carbonyl (C=O) groups is 9. The van der Waals surface area contributed by atoms with Crippen molar-refractivity contribution >= 4 is 60.9 Å². The second-order valence-corrected chi connectivity index (χ2v) is 19.3. The van der Waals surface area contributed by atoms with Gasteiger partial charge in [-0.1, -0.05) is 89.2 Å². The number of carboxylic acid groups (broad SMARTS) is 2. The van der Waals surface area contributed by atoms with Crippen LogP contribution in [0.25, 0.3) is 0 Å². The molecule has 0 saturated carbocycles. The zero-order valence-electron chi connectivity index (χ0n) is 48.4. The van der Waals surface area contributed by atoms with Crippen LogP contribution in [-0.4, -0.2) is 220 Å². The fourth-order valence-corrected chi connectivity index (χ4v) is 7.64. The number of phenols is 1. The number of hydrogen-bond acceptors (Lipinski definition) is 18. The summed E-state index contributed by atoms with van der Waals surface area (Å²) < 4.78 is 42.7. The van der Waals surface area contributed by atoms with Gasteiger partial charge in [-0.3, -0.25) is 33.6 Å². The fourth-order valence-electron chi connectivity index (χ4n) is 7.64. The van der Waals surface area contributed by atoms with E-state index in [1.165, 1.54) is 50.7 Å². The van der Waals surface area contributed by atoms with Crippen molar-refractivity contribution in [2.24, 2.45) is 0 Å². The van der Waals surface area contributed by atoms with E-state index in [4.69, 9.17) is 50.8 Å². The molecule has 0 saturated heterocycles. The highest BCUT2D eigenvalue weighted by atomic mass is 16.5. The first-order valence-corrected chi connectivity index (χ1v) is 29.0. The standard InChI is InChI=1S/C56H93BN6O20/c57-55(73)47(39-44-17-19-45(64)20-18-44)63-53(70)43-83-38-34-79-30-26-61-52(69)42-82-37-33-78-29-25-60-51(68)41-81-36-32-77-28-24-59-50(67)40-80-35-31-76-27-23-58-48(65)22-21-46(56(74)75)62-49(66)15-13-11-9-7-5-3-1-2-4-6-8-10-12-14-16-54(71)72/h17-20,46-47,64H,1-16,21-43H2,(H,58,65)(H,59,67)(H,60,68)(H,61,69)(H,62,66)(H,63,70)(H,71,72)(H,74,75)/t46-,47-/m0/s1.